The van der Waals surface area contributed by atoms with Crippen molar-refractivity contribution in [2.75, 3.05) is 27.3 Å². The Hall–Kier alpha value is -1.83. The lowest BCUT2D eigenvalue weighted by Crippen LogP contribution is -2.31. The van der Waals surface area contributed by atoms with Crippen LogP contribution in [0.4, 0.5) is 4.39 Å². The minimum absolute atomic E-state index is 0.160. The first-order valence-electron chi connectivity index (χ1n) is 6.98. The van der Waals surface area contributed by atoms with E-state index in [9.17, 15) is 9.18 Å². The van der Waals surface area contributed by atoms with Crippen LogP contribution in [0.1, 0.15) is 10.4 Å². The maximum atomic E-state index is 13.1. The fourth-order valence-electron chi connectivity index (χ4n) is 1.94. The second-order valence-electron chi connectivity index (χ2n) is 4.87. The molecule has 0 aliphatic carbocycles. The van der Waals surface area contributed by atoms with Crippen molar-refractivity contribution in [3.63, 3.8) is 0 Å². The summed E-state index contributed by atoms with van der Waals surface area (Å²) in [6.07, 6.45) is 0. The second-order valence-corrected chi connectivity index (χ2v) is 6.04. The molecule has 0 atom stereocenters. The minimum atomic E-state index is -0.351. The molecular formula is C17H17FINO3. The number of hydrogen-bond acceptors (Lipinski definition) is 3. The number of nitrogens with zero attached hydrogens (tertiary/aromatic N) is 1. The molecule has 2 aromatic rings. The van der Waals surface area contributed by atoms with Crippen LogP contribution < -0.4 is 9.47 Å². The third kappa shape index (κ3) is 4.82. The van der Waals surface area contributed by atoms with Gasteiger partial charge in [-0.05, 0) is 65.1 Å². The van der Waals surface area contributed by atoms with Crippen LogP contribution in [0.2, 0.25) is 0 Å². The van der Waals surface area contributed by atoms with Crippen LogP contribution in [0, 0.1) is 9.39 Å². The summed E-state index contributed by atoms with van der Waals surface area (Å²) in [6.45, 7) is 0.796. The zero-order chi connectivity index (χ0) is 16.8. The lowest BCUT2D eigenvalue weighted by atomic mass is 10.2. The van der Waals surface area contributed by atoms with Crippen LogP contribution in [0.15, 0.2) is 42.5 Å². The highest BCUT2D eigenvalue weighted by Gasteiger charge is 2.15. The number of carbonyl (C=O) groups excluding carboxylic acids is 1. The maximum Gasteiger partial charge on any atom is 0.254 e. The Balaban J connectivity index is 1.88. The van der Waals surface area contributed by atoms with Gasteiger partial charge in [-0.1, -0.05) is 0 Å². The molecule has 0 unspecified atom stereocenters. The van der Waals surface area contributed by atoms with Gasteiger partial charge in [0.2, 0.25) is 0 Å². The predicted octanol–water partition coefficient (Wildman–Crippen LogP) is 3.59. The molecule has 0 fully saturated rings. The summed E-state index contributed by atoms with van der Waals surface area (Å²) in [7, 11) is 3.30. The Labute approximate surface area is 148 Å². The largest absolute Gasteiger partial charge is 0.497 e. The molecule has 23 heavy (non-hydrogen) atoms. The Bertz CT molecular complexity index is 676. The highest BCUT2D eigenvalue weighted by atomic mass is 127. The highest BCUT2D eigenvalue weighted by Crippen LogP contribution is 2.18. The summed E-state index contributed by atoms with van der Waals surface area (Å²) in [5.41, 5.74) is 0.485. The molecule has 4 nitrogen and oxygen atoms in total. The molecular weight excluding hydrogens is 412 g/mol. The molecule has 6 heteroatoms. The summed E-state index contributed by atoms with van der Waals surface area (Å²) in [4.78, 5) is 13.9. The van der Waals surface area contributed by atoms with Gasteiger partial charge in [0.15, 0.2) is 0 Å². The van der Waals surface area contributed by atoms with Crippen molar-refractivity contribution in [2.24, 2.45) is 0 Å². The van der Waals surface area contributed by atoms with Crippen molar-refractivity contribution in [1.82, 2.24) is 4.90 Å². The van der Waals surface area contributed by atoms with E-state index < -0.39 is 0 Å². The molecule has 0 saturated heterocycles. The Morgan fingerprint density at radius 3 is 2.43 bits per heavy atom. The molecule has 1 amide bonds. The smallest absolute Gasteiger partial charge is 0.254 e. The fraction of sp³-hybridized carbons (Fsp3) is 0.235. The number of halogens is 2. The maximum absolute atomic E-state index is 13.1. The van der Waals surface area contributed by atoms with E-state index in [0.29, 0.717) is 28.0 Å². The second kappa shape index (κ2) is 8.14. The van der Waals surface area contributed by atoms with E-state index in [0.717, 1.165) is 5.75 Å². The van der Waals surface area contributed by atoms with E-state index in [1.54, 1.807) is 19.1 Å². The van der Waals surface area contributed by atoms with Crippen LogP contribution in [0.5, 0.6) is 11.5 Å². The monoisotopic (exact) mass is 429 g/mol. The lowest BCUT2D eigenvalue weighted by Gasteiger charge is -2.18. The average molecular weight is 429 g/mol. The van der Waals surface area contributed by atoms with Gasteiger partial charge < -0.3 is 14.4 Å². The van der Waals surface area contributed by atoms with Crippen molar-refractivity contribution in [1.29, 1.82) is 0 Å². The standard InChI is InChI=1S/C17H17FINO3/c1-20(17(21)15-8-3-12(18)11-16(15)19)9-10-23-14-6-4-13(22-2)5-7-14/h3-8,11H,9-10H2,1-2H3. The van der Waals surface area contributed by atoms with Crippen molar-refractivity contribution in [3.05, 3.63) is 57.4 Å². The SMILES string of the molecule is COc1ccc(OCCN(C)C(=O)c2ccc(F)cc2I)cc1. The van der Waals surface area contributed by atoms with Gasteiger partial charge in [-0.3, -0.25) is 4.79 Å². The summed E-state index contributed by atoms with van der Waals surface area (Å²) >= 11 is 1.96. The molecule has 0 heterocycles. The number of benzene rings is 2. The number of hydrogen-bond donors (Lipinski definition) is 0. The summed E-state index contributed by atoms with van der Waals surface area (Å²) in [6, 6.07) is 11.4. The summed E-state index contributed by atoms with van der Waals surface area (Å²) in [5, 5.41) is 0. The van der Waals surface area contributed by atoms with Gasteiger partial charge >= 0.3 is 0 Å². The number of rotatable bonds is 6. The van der Waals surface area contributed by atoms with Gasteiger partial charge in [-0.15, -0.1) is 0 Å². The predicted molar refractivity (Wildman–Crippen MR) is 94.6 cm³/mol. The molecule has 0 saturated carbocycles. The van der Waals surface area contributed by atoms with E-state index in [1.807, 2.05) is 46.9 Å². The molecule has 0 bridgehead atoms. The first-order valence-corrected chi connectivity index (χ1v) is 8.06. The van der Waals surface area contributed by atoms with E-state index in [2.05, 4.69) is 0 Å². The summed E-state index contributed by atoms with van der Waals surface area (Å²) < 4.78 is 24.4. The Morgan fingerprint density at radius 2 is 1.83 bits per heavy atom. The molecule has 0 aliphatic heterocycles. The van der Waals surface area contributed by atoms with Crippen LogP contribution in [0.25, 0.3) is 0 Å². The molecule has 2 rings (SSSR count). The Kier molecular flexibility index (Phi) is 6.20. The zero-order valence-corrected chi connectivity index (χ0v) is 15.0. The number of amides is 1. The van der Waals surface area contributed by atoms with Crippen LogP contribution in [0.3, 0.4) is 0 Å². The van der Waals surface area contributed by atoms with Crippen LogP contribution >= 0.6 is 22.6 Å². The molecule has 0 N–H and O–H groups in total. The van der Waals surface area contributed by atoms with Gasteiger partial charge in [-0.25, -0.2) is 4.39 Å². The van der Waals surface area contributed by atoms with Crippen molar-refractivity contribution in [3.8, 4) is 11.5 Å². The van der Waals surface area contributed by atoms with Gasteiger partial charge in [0.1, 0.15) is 23.9 Å². The molecule has 2 aromatic carbocycles. The number of likely N-dealkylation sites (N-methyl/N-ethyl adjacent to an activating group) is 1. The van der Waals surface area contributed by atoms with E-state index in [4.69, 9.17) is 9.47 Å². The number of methoxy groups -OCH3 is 1. The molecule has 122 valence electrons. The number of carbonyl (C=O) groups is 1. The summed E-state index contributed by atoms with van der Waals surface area (Å²) in [5.74, 6) is 0.961. The van der Waals surface area contributed by atoms with Crippen LogP contribution in [-0.2, 0) is 0 Å². The van der Waals surface area contributed by atoms with E-state index in [1.165, 1.54) is 18.2 Å². The molecule has 0 aromatic heterocycles. The highest BCUT2D eigenvalue weighted by molar-refractivity contribution is 14.1. The quantitative estimate of drug-likeness (QED) is 0.659. The molecule has 0 aliphatic rings. The number of ether oxygens (including phenoxy) is 2. The van der Waals surface area contributed by atoms with Gasteiger partial charge in [0.05, 0.1) is 19.2 Å². The van der Waals surface area contributed by atoms with Crippen molar-refractivity contribution in [2.45, 2.75) is 0 Å². The molecule has 0 radical (unpaired) electrons. The third-order valence-corrected chi connectivity index (χ3v) is 4.16. The van der Waals surface area contributed by atoms with Crippen molar-refractivity contribution >= 4 is 28.5 Å². The Morgan fingerprint density at radius 1 is 1.17 bits per heavy atom. The first kappa shape index (κ1) is 17.5. The van der Waals surface area contributed by atoms with Crippen molar-refractivity contribution < 1.29 is 18.7 Å². The van der Waals surface area contributed by atoms with Gasteiger partial charge in [0, 0.05) is 10.6 Å². The zero-order valence-electron chi connectivity index (χ0n) is 12.9. The van der Waals surface area contributed by atoms with E-state index >= 15 is 0 Å². The fourth-order valence-corrected chi connectivity index (χ4v) is 2.65. The third-order valence-electron chi connectivity index (χ3n) is 3.26. The first-order chi connectivity index (χ1) is 11.0. The average Bonchev–Trinajstić information content (AvgIpc) is 2.55. The normalized spacial score (nSPS) is 10.3. The topological polar surface area (TPSA) is 38.8 Å². The lowest BCUT2D eigenvalue weighted by molar-refractivity contribution is 0.0772. The van der Waals surface area contributed by atoms with Gasteiger partial charge in [-0.2, -0.15) is 0 Å². The minimum Gasteiger partial charge on any atom is -0.497 e. The molecule has 0 spiro atoms. The van der Waals surface area contributed by atoms with E-state index in [-0.39, 0.29) is 11.7 Å². The van der Waals surface area contributed by atoms with Crippen LogP contribution in [-0.4, -0.2) is 38.1 Å². The van der Waals surface area contributed by atoms with Gasteiger partial charge in [0.25, 0.3) is 5.91 Å².